The van der Waals surface area contributed by atoms with Crippen LogP contribution in [0.25, 0.3) is 0 Å². The molecule has 1 N–H and O–H groups in total. The standard InChI is InChI=1S/C19H28N2O4/c1-13-6-7-16(15(12-13)17(22)20-5)24-14-8-10-21(11-9-14)18(23)25-19(2,3)4/h6-7,12,14H,8-11H2,1-5H3,(H,20,22). The molecule has 0 aromatic heterocycles. The highest BCUT2D eigenvalue weighted by atomic mass is 16.6. The molecule has 1 saturated heterocycles. The van der Waals surface area contributed by atoms with Crippen molar-refractivity contribution in [2.24, 2.45) is 0 Å². The lowest BCUT2D eigenvalue weighted by Crippen LogP contribution is -2.44. The molecule has 0 spiro atoms. The topological polar surface area (TPSA) is 67.9 Å². The molecule has 2 amide bonds. The fraction of sp³-hybridized carbons (Fsp3) is 0.579. The normalized spacial score (nSPS) is 15.6. The minimum absolute atomic E-state index is 0.0233. The summed E-state index contributed by atoms with van der Waals surface area (Å²) in [5, 5.41) is 2.64. The summed E-state index contributed by atoms with van der Waals surface area (Å²) in [6, 6.07) is 5.59. The van der Waals surface area contributed by atoms with E-state index in [-0.39, 0.29) is 18.1 Å². The van der Waals surface area contributed by atoms with E-state index in [1.165, 1.54) is 0 Å². The fourth-order valence-electron chi connectivity index (χ4n) is 2.72. The van der Waals surface area contributed by atoms with Crippen LogP contribution in [0.3, 0.4) is 0 Å². The number of carbonyl (C=O) groups is 2. The molecule has 0 radical (unpaired) electrons. The number of hydrogen-bond donors (Lipinski definition) is 1. The minimum atomic E-state index is -0.491. The maximum absolute atomic E-state index is 12.1. The molecule has 6 heteroatoms. The van der Waals surface area contributed by atoms with Crippen LogP contribution in [0, 0.1) is 6.92 Å². The van der Waals surface area contributed by atoms with Gasteiger partial charge in [-0.15, -0.1) is 0 Å². The summed E-state index contributed by atoms with van der Waals surface area (Å²) in [5.74, 6) is 0.422. The van der Waals surface area contributed by atoms with Gasteiger partial charge in [-0.3, -0.25) is 4.79 Å². The van der Waals surface area contributed by atoms with Crippen molar-refractivity contribution in [2.45, 2.75) is 52.2 Å². The first-order valence-corrected chi connectivity index (χ1v) is 8.67. The summed E-state index contributed by atoms with van der Waals surface area (Å²) in [6.07, 6.45) is 1.11. The van der Waals surface area contributed by atoms with Crippen molar-refractivity contribution in [1.82, 2.24) is 10.2 Å². The first-order chi connectivity index (χ1) is 11.7. The van der Waals surface area contributed by atoms with Crippen molar-refractivity contribution in [3.63, 3.8) is 0 Å². The van der Waals surface area contributed by atoms with Gasteiger partial charge in [0.15, 0.2) is 0 Å². The van der Waals surface area contributed by atoms with E-state index in [1.54, 1.807) is 11.9 Å². The Kier molecular flexibility index (Phi) is 5.93. The molecule has 1 fully saturated rings. The maximum Gasteiger partial charge on any atom is 0.410 e. The van der Waals surface area contributed by atoms with E-state index in [1.807, 2.05) is 45.9 Å². The van der Waals surface area contributed by atoms with Gasteiger partial charge in [-0.25, -0.2) is 4.79 Å². The second-order valence-electron chi connectivity index (χ2n) is 7.36. The molecule has 0 aliphatic carbocycles. The van der Waals surface area contributed by atoms with Crippen LogP contribution in [0.15, 0.2) is 18.2 Å². The monoisotopic (exact) mass is 348 g/mol. The van der Waals surface area contributed by atoms with Gasteiger partial charge in [0.05, 0.1) is 5.56 Å². The average molecular weight is 348 g/mol. The summed E-state index contributed by atoms with van der Waals surface area (Å²) < 4.78 is 11.5. The van der Waals surface area contributed by atoms with Crippen LogP contribution in [-0.2, 0) is 4.74 Å². The third kappa shape index (κ3) is 5.37. The second kappa shape index (κ2) is 7.76. The van der Waals surface area contributed by atoms with Gasteiger partial charge in [-0.2, -0.15) is 0 Å². The molecule has 2 rings (SSSR count). The number of likely N-dealkylation sites (tertiary alicyclic amines) is 1. The predicted molar refractivity (Wildman–Crippen MR) is 96.0 cm³/mol. The van der Waals surface area contributed by atoms with Crippen LogP contribution in [0.5, 0.6) is 5.75 Å². The van der Waals surface area contributed by atoms with E-state index < -0.39 is 5.60 Å². The molecule has 1 aliphatic rings. The molecule has 0 saturated carbocycles. The zero-order valence-electron chi connectivity index (χ0n) is 15.7. The number of rotatable bonds is 3. The highest BCUT2D eigenvalue weighted by molar-refractivity contribution is 5.96. The molecular formula is C19H28N2O4. The number of ether oxygens (including phenoxy) is 2. The van der Waals surface area contributed by atoms with E-state index in [0.717, 1.165) is 5.56 Å². The molecule has 1 aliphatic heterocycles. The van der Waals surface area contributed by atoms with Crippen molar-refractivity contribution in [3.05, 3.63) is 29.3 Å². The average Bonchev–Trinajstić information content (AvgIpc) is 2.54. The van der Waals surface area contributed by atoms with Crippen LogP contribution < -0.4 is 10.1 Å². The molecular weight excluding hydrogens is 320 g/mol. The number of aryl methyl sites for hydroxylation is 1. The van der Waals surface area contributed by atoms with Gasteiger partial charge in [0.2, 0.25) is 0 Å². The van der Waals surface area contributed by atoms with Crippen molar-refractivity contribution in [3.8, 4) is 5.75 Å². The Bertz CT molecular complexity index is 629. The Morgan fingerprint density at radius 1 is 1.20 bits per heavy atom. The van der Waals surface area contributed by atoms with Crippen molar-refractivity contribution < 1.29 is 19.1 Å². The van der Waals surface area contributed by atoms with Gasteiger partial charge in [0.25, 0.3) is 5.91 Å². The van der Waals surface area contributed by atoms with Gasteiger partial charge in [-0.05, 0) is 39.8 Å². The largest absolute Gasteiger partial charge is 0.489 e. The van der Waals surface area contributed by atoms with E-state index in [4.69, 9.17) is 9.47 Å². The van der Waals surface area contributed by atoms with Gasteiger partial charge in [0.1, 0.15) is 17.5 Å². The maximum atomic E-state index is 12.1. The zero-order valence-corrected chi connectivity index (χ0v) is 15.7. The molecule has 0 unspecified atom stereocenters. The predicted octanol–water partition coefficient (Wildman–Crippen LogP) is 3.13. The van der Waals surface area contributed by atoms with Crippen molar-refractivity contribution >= 4 is 12.0 Å². The van der Waals surface area contributed by atoms with E-state index in [2.05, 4.69) is 5.32 Å². The molecule has 138 valence electrons. The van der Waals surface area contributed by atoms with E-state index in [9.17, 15) is 9.59 Å². The molecule has 1 heterocycles. The van der Waals surface area contributed by atoms with Gasteiger partial charge >= 0.3 is 6.09 Å². The Morgan fingerprint density at radius 2 is 1.84 bits per heavy atom. The van der Waals surface area contributed by atoms with Crippen LogP contribution in [-0.4, -0.2) is 48.7 Å². The first kappa shape index (κ1) is 19.1. The number of amides is 2. The summed E-state index contributed by atoms with van der Waals surface area (Å²) in [5.41, 5.74) is 1.05. The molecule has 25 heavy (non-hydrogen) atoms. The lowest BCUT2D eigenvalue weighted by molar-refractivity contribution is 0.0126. The highest BCUT2D eigenvalue weighted by Gasteiger charge is 2.28. The molecule has 1 aromatic rings. The SMILES string of the molecule is CNC(=O)c1cc(C)ccc1OC1CCN(C(=O)OC(C)(C)C)CC1. The van der Waals surface area contributed by atoms with Gasteiger partial charge < -0.3 is 19.7 Å². The van der Waals surface area contributed by atoms with Crippen molar-refractivity contribution in [1.29, 1.82) is 0 Å². The lowest BCUT2D eigenvalue weighted by atomic mass is 10.1. The number of hydrogen-bond acceptors (Lipinski definition) is 4. The van der Waals surface area contributed by atoms with Crippen LogP contribution in [0.2, 0.25) is 0 Å². The number of carbonyl (C=O) groups excluding carboxylic acids is 2. The third-order valence-electron chi connectivity index (χ3n) is 3.99. The van der Waals surface area contributed by atoms with E-state index in [0.29, 0.717) is 37.2 Å². The minimum Gasteiger partial charge on any atom is -0.489 e. The summed E-state index contributed by atoms with van der Waals surface area (Å²) in [7, 11) is 1.60. The Morgan fingerprint density at radius 3 is 2.40 bits per heavy atom. The first-order valence-electron chi connectivity index (χ1n) is 8.67. The summed E-state index contributed by atoms with van der Waals surface area (Å²) in [4.78, 5) is 25.9. The van der Waals surface area contributed by atoms with Crippen molar-refractivity contribution in [2.75, 3.05) is 20.1 Å². The Balaban J connectivity index is 1.97. The van der Waals surface area contributed by atoms with E-state index >= 15 is 0 Å². The summed E-state index contributed by atoms with van der Waals surface area (Å²) in [6.45, 7) is 8.69. The number of piperidine rings is 1. The molecule has 0 atom stereocenters. The Labute approximate surface area is 149 Å². The molecule has 6 nitrogen and oxygen atoms in total. The van der Waals surface area contributed by atoms with Crippen LogP contribution >= 0.6 is 0 Å². The third-order valence-corrected chi connectivity index (χ3v) is 3.99. The smallest absolute Gasteiger partial charge is 0.410 e. The number of nitrogens with zero attached hydrogens (tertiary/aromatic N) is 1. The Hall–Kier alpha value is -2.24. The van der Waals surface area contributed by atoms with Crippen LogP contribution in [0.4, 0.5) is 4.79 Å². The quantitative estimate of drug-likeness (QED) is 0.911. The van der Waals surface area contributed by atoms with Gasteiger partial charge in [-0.1, -0.05) is 11.6 Å². The number of benzene rings is 1. The number of nitrogens with one attached hydrogen (secondary N) is 1. The highest BCUT2D eigenvalue weighted by Crippen LogP contribution is 2.25. The van der Waals surface area contributed by atoms with Crippen LogP contribution in [0.1, 0.15) is 49.5 Å². The lowest BCUT2D eigenvalue weighted by Gasteiger charge is -2.33. The summed E-state index contributed by atoms with van der Waals surface area (Å²) >= 11 is 0. The zero-order chi connectivity index (χ0) is 18.6. The fourth-order valence-corrected chi connectivity index (χ4v) is 2.72. The second-order valence-corrected chi connectivity index (χ2v) is 7.36. The molecule has 0 bridgehead atoms. The van der Waals surface area contributed by atoms with Gasteiger partial charge in [0, 0.05) is 33.0 Å². The molecule has 1 aromatic carbocycles.